The molecule has 0 spiro atoms. The van der Waals surface area contributed by atoms with E-state index in [4.69, 9.17) is 0 Å². The van der Waals surface area contributed by atoms with Gasteiger partial charge in [0.25, 0.3) is 0 Å². The minimum absolute atomic E-state index is 0.181. The SMILES string of the molecule is C[C@@H](c1ccccc1)c1ccc(F)cc1. The molecule has 0 heterocycles. The van der Waals surface area contributed by atoms with Gasteiger partial charge in [0.2, 0.25) is 0 Å². The van der Waals surface area contributed by atoms with Crippen molar-refractivity contribution in [3.63, 3.8) is 0 Å². The molecule has 0 N–H and O–H groups in total. The minimum Gasteiger partial charge on any atom is -0.207 e. The lowest BCUT2D eigenvalue weighted by molar-refractivity contribution is 0.626. The molecule has 0 saturated heterocycles. The van der Waals surface area contributed by atoms with Gasteiger partial charge in [-0.25, -0.2) is 4.39 Å². The molecule has 0 nitrogen and oxygen atoms in total. The summed E-state index contributed by atoms with van der Waals surface area (Å²) in [5, 5.41) is 0. The molecule has 2 aromatic rings. The second-order valence-electron chi connectivity index (χ2n) is 3.68. The van der Waals surface area contributed by atoms with Crippen LogP contribution in [-0.4, -0.2) is 0 Å². The zero-order valence-electron chi connectivity index (χ0n) is 8.65. The maximum atomic E-state index is 12.8. The first kappa shape index (κ1) is 9.91. The lowest BCUT2D eigenvalue weighted by Crippen LogP contribution is -1.95. The van der Waals surface area contributed by atoms with Crippen molar-refractivity contribution in [3.8, 4) is 0 Å². The number of halogens is 1. The second kappa shape index (κ2) is 4.26. The lowest BCUT2D eigenvalue weighted by atomic mass is 9.93. The van der Waals surface area contributed by atoms with Gasteiger partial charge in [-0.05, 0) is 23.3 Å². The van der Waals surface area contributed by atoms with Crippen LogP contribution < -0.4 is 0 Å². The summed E-state index contributed by atoms with van der Waals surface area (Å²) in [5.74, 6) is 0.130. The average molecular weight is 200 g/mol. The number of benzene rings is 2. The summed E-state index contributed by atoms with van der Waals surface area (Å²) in [6, 6.07) is 16.9. The van der Waals surface area contributed by atoms with E-state index in [0.29, 0.717) is 5.92 Å². The van der Waals surface area contributed by atoms with Gasteiger partial charge in [-0.15, -0.1) is 0 Å². The fraction of sp³-hybridized carbons (Fsp3) is 0.143. The van der Waals surface area contributed by atoms with Gasteiger partial charge in [0.05, 0.1) is 0 Å². The van der Waals surface area contributed by atoms with E-state index in [0.717, 1.165) is 5.56 Å². The molecule has 2 rings (SSSR count). The molecular weight excluding hydrogens is 187 g/mol. The van der Waals surface area contributed by atoms with Gasteiger partial charge in [-0.1, -0.05) is 49.4 Å². The first-order valence-corrected chi connectivity index (χ1v) is 5.08. The van der Waals surface area contributed by atoms with Crippen LogP contribution in [0.2, 0.25) is 0 Å². The van der Waals surface area contributed by atoms with Crippen molar-refractivity contribution >= 4 is 0 Å². The number of hydrogen-bond donors (Lipinski definition) is 0. The molecule has 15 heavy (non-hydrogen) atoms. The van der Waals surface area contributed by atoms with Crippen molar-refractivity contribution in [2.75, 3.05) is 0 Å². The predicted molar refractivity (Wildman–Crippen MR) is 60.4 cm³/mol. The van der Waals surface area contributed by atoms with Gasteiger partial charge < -0.3 is 0 Å². The van der Waals surface area contributed by atoms with Gasteiger partial charge in [0.15, 0.2) is 0 Å². The molecule has 0 radical (unpaired) electrons. The molecule has 0 aliphatic heterocycles. The van der Waals surface area contributed by atoms with Crippen LogP contribution in [-0.2, 0) is 0 Å². The topological polar surface area (TPSA) is 0 Å². The van der Waals surface area contributed by atoms with Crippen molar-refractivity contribution in [1.82, 2.24) is 0 Å². The summed E-state index contributed by atoms with van der Waals surface area (Å²) >= 11 is 0. The van der Waals surface area contributed by atoms with Crippen molar-refractivity contribution < 1.29 is 4.39 Å². The van der Waals surface area contributed by atoms with Crippen molar-refractivity contribution in [2.45, 2.75) is 12.8 Å². The first-order valence-electron chi connectivity index (χ1n) is 5.08. The van der Waals surface area contributed by atoms with Crippen LogP contribution in [0.15, 0.2) is 54.6 Å². The van der Waals surface area contributed by atoms with Crippen LogP contribution >= 0.6 is 0 Å². The highest BCUT2D eigenvalue weighted by Gasteiger charge is 2.07. The highest BCUT2D eigenvalue weighted by molar-refractivity contribution is 5.31. The minimum atomic E-state index is -0.181. The summed E-state index contributed by atoms with van der Waals surface area (Å²) in [6.45, 7) is 2.13. The Labute approximate surface area is 89.4 Å². The molecule has 1 atom stereocenters. The highest BCUT2D eigenvalue weighted by atomic mass is 19.1. The van der Waals surface area contributed by atoms with Gasteiger partial charge in [-0.3, -0.25) is 0 Å². The van der Waals surface area contributed by atoms with Crippen molar-refractivity contribution in [1.29, 1.82) is 0 Å². The molecule has 0 aliphatic carbocycles. The van der Waals surface area contributed by atoms with E-state index in [-0.39, 0.29) is 5.82 Å². The fourth-order valence-electron chi connectivity index (χ4n) is 1.69. The monoisotopic (exact) mass is 200 g/mol. The van der Waals surface area contributed by atoms with E-state index in [9.17, 15) is 4.39 Å². The third kappa shape index (κ3) is 2.24. The van der Waals surface area contributed by atoms with Crippen LogP contribution in [0, 0.1) is 5.82 Å². The Morgan fingerprint density at radius 3 is 1.93 bits per heavy atom. The third-order valence-corrected chi connectivity index (χ3v) is 2.67. The standard InChI is InChI=1S/C14H13F/c1-11(12-5-3-2-4-6-12)13-7-9-14(15)10-8-13/h2-11H,1H3/t11-/m0/s1. The van der Waals surface area contributed by atoms with Gasteiger partial charge in [-0.2, -0.15) is 0 Å². The normalized spacial score (nSPS) is 12.4. The van der Waals surface area contributed by atoms with Crippen LogP contribution in [0.5, 0.6) is 0 Å². The molecule has 0 aliphatic rings. The van der Waals surface area contributed by atoms with E-state index in [1.807, 2.05) is 30.3 Å². The zero-order chi connectivity index (χ0) is 10.7. The third-order valence-electron chi connectivity index (χ3n) is 2.67. The molecule has 0 fully saturated rings. The molecule has 1 heteroatoms. The summed E-state index contributed by atoms with van der Waals surface area (Å²) in [4.78, 5) is 0. The molecule has 0 amide bonds. The summed E-state index contributed by atoms with van der Waals surface area (Å²) in [5.41, 5.74) is 2.40. The first-order chi connectivity index (χ1) is 7.27. The summed E-state index contributed by atoms with van der Waals surface area (Å²) in [6.07, 6.45) is 0. The van der Waals surface area contributed by atoms with Crippen LogP contribution in [0.1, 0.15) is 24.0 Å². The quantitative estimate of drug-likeness (QED) is 0.688. The highest BCUT2D eigenvalue weighted by Crippen LogP contribution is 2.23. The van der Waals surface area contributed by atoms with E-state index in [1.54, 1.807) is 0 Å². The van der Waals surface area contributed by atoms with E-state index < -0.39 is 0 Å². The molecule has 0 saturated carbocycles. The van der Waals surface area contributed by atoms with E-state index in [1.165, 1.54) is 17.7 Å². The molecule has 0 unspecified atom stereocenters. The van der Waals surface area contributed by atoms with Gasteiger partial charge >= 0.3 is 0 Å². The Hall–Kier alpha value is -1.63. The fourth-order valence-corrected chi connectivity index (χ4v) is 1.69. The van der Waals surface area contributed by atoms with E-state index >= 15 is 0 Å². The van der Waals surface area contributed by atoms with E-state index in [2.05, 4.69) is 19.1 Å². The lowest BCUT2D eigenvalue weighted by Gasteiger charge is -2.11. The molecule has 0 aromatic heterocycles. The average Bonchev–Trinajstić information content (AvgIpc) is 2.30. The smallest absolute Gasteiger partial charge is 0.123 e. The summed E-state index contributed by atoms with van der Waals surface area (Å²) < 4.78 is 12.8. The molecular formula is C14H13F. The van der Waals surface area contributed by atoms with Gasteiger partial charge in [0.1, 0.15) is 5.82 Å². The van der Waals surface area contributed by atoms with Crippen LogP contribution in [0.3, 0.4) is 0 Å². The maximum absolute atomic E-state index is 12.8. The summed E-state index contributed by atoms with van der Waals surface area (Å²) in [7, 11) is 0. The molecule has 0 bridgehead atoms. The van der Waals surface area contributed by atoms with Gasteiger partial charge in [0, 0.05) is 5.92 Å². The Kier molecular flexibility index (Phi) is 2.82. The predicted octanol–water partition coefficient (Wildman–Crippen LogP) is 3.98. The van der Waals surface area contributed by atoms with Crippen molar-refractivity contribution in [2.24, 2.45) is 0 Å². The molecule has 2 aromatic carbocycles. The Morgan fingerprint density at radius 1 is 0.800 bits per heavy atom. The maximum Gasteiger partial charge on any atom is 0.123 e. The van der Waals surface area contributed by atoms with Crippen molar-refractivity contribution in [3.05, 3.63) is 71.5 Å². The second-order valence-corrected chi connectivity index (χ2v) is 3.68. The van der Waals surface area contributed by atoms with Crippen LogP contribution in [0.4, 0.5) is 4.39 Å². The van der Waals surface area contributed by atoms with Crippen LogP contribution in [0.25, 0.3) is 0 Å². The zero-order valence-corrected chi connectivity index (χ0v) is 8.65. The number of rotatable bonds is 2. The largest absolute Gasteiger partial charge is 0.207 e. The Morgan fingerprint density at radius 2 is 1.33 bits per heavy atom. The Bertz CT molecular complexity index is 417. The Balaban J connectivity index is 2.29. The number of hydrogen-bond acceptors (Lipinski definition) is 0. The molecule has 76 valence electrons.